The molecule has 1 fully saturated rings. The van der Waals surface area contributed by atoms with Gasteiger partial charge >= 0.3 is 6.09 Å². The van der Waals surface area contributed by atoms with Crippen LogP contribution >= 0.6 is 0 Å². The van der Waals surface area contributed by atoms with Crippen molar-refractivity contribution in [1.82, 2.24) is 25.2 Å². The minimum atomic E-state index is -1.66. The number of fused-ring (bicyclic) bond motifs is 1. The molecule has 4 rings (SSSR count). The van der Waals surface area contributed by atoms with Crippen LogP contribution in [0.5, 0.6) is 0 Å². The number of nitriles is 1. The first-order chi connectivity index (χ1) is 18.6. The molecule has 3 heterocycles. The van der Waals surface area contributed by atoms with E-state index in [9.17, 15) is 24.3 Å². The van der Waals surface area contributed by atoms with Gasteiger partial charge in [-0.25, -0.2) is 13.7 Å². The average molecular weight is 538 g/mol. The van der Waals surface area contributed by atoms with Crippen LogP contribution in [0.3, 0.4) is 0 Å². The number of nitrogens with one attached hydrogen (secondary N) is 3. The zero-order valence-electron chi connectivity index (χ0n) is 22.1. The van der Waals surface area contributed by atoms with Crippen LogP contribution < -0.4 is 16.0 Å². The van der Waals surface area contributed by atoms with Gasteiger partial charge in [0.1, 0.15) is 18.3 Å². The minimum Gasteiger partial charge on any atom is -0.446 e. The third-order valence-corrected chi connectivity index (χ3v) is 6.71. The van der Waals surface area contributed by atoms with Crippen LogP contribution in [0.2, 0.25) is 0 Å². The molecule has 0 radical (unpaired) electrons. The zero-order chi connectivity index (χ0) is 28.2. The first-order valence-corrected chi connectivity index (χ1v) is 12.8. The summed E-state index contributed by atoms with van der Waals surface area (Å²) in [4.78, 5) is 29.3. The van der Waals surface area contributed by atoms with Crippen molar-refractivity contribution in [2.75, 3.05) is 18.9 Å². The molecule has 1 saturated carbocycles. The molecule has 2 amide bonds. The molecule has 3 aromatic heterocycles. The fourth-order valence-corrected chi connectivity index (χ4v) is 4.49. The molecule has 0 spiro atoms. The van der Waals surface area contributed by atoms with Crippen LogP contribution in [0.15, 0.2) is 36.7 Å². The highest BCUT2D eigenvalue weighted by Gasteiger charge is 2.29. The zero-order valence-corrected chi connectivity index (χ0v) is 22.1. The molecule has 3 atom stereocenters. The van der Waals surface area contributed by atoms with Crippen molar-refractivity contribution in [1.29, 1.82) is 5.26 Å². The van der Waals surface area contributed by atoms with Crippen molar-refractivity contribution < 1.29 is 23.8 Å². The number of nitrogens with zero attached hydrogens (tertiary/aromatic N) is 4. The Hall–Kier alpha value is -4.24. The third kappa shape index (κ3) is 6.61. The van der Waals surface area contributed by atoms with Crippen molar-refractivity contribution in [2.24, 2.45) is 0 Å². The van der Waals surface area contributed by atoms with Gasteiger partial charge in [-0.15, -0.1) is 0 Å². The molecule has 3 aromatic rings. The van der Waals surface area contributed by atoms with Gasteiger partial charge in [0, 0.05) is 25.7 Å². The molecule has 0 saturated heterocycles. The van der Waals surface area contributed by atoms with Gasteiger partial charge in [-0.2, -0.15) is 10.4 Å². The summed E-state index contributed by atoms with van der Waals surface area (Å²) in [6.45, 7) is 2.30. The van der Waals surface area contributed by atoms with E-state index in [-0.39, 0.29) is 24.3 Å². The Morgan fingerprint density at radius 1 is 1.31 bits per heavy atom. The number of hydrogen-bond acceptors (Lipinski definition) is 8. The van der Waals surface area contributed by atoms with Gasteiger partial charge in [0.2, 0.25) is 0 Å². The molecule has 0 bridgehead atoms. The maximum atomic E-state index is 14.3. The number of alkyl halides is 1. The minimum absolute atomic E-state index is 0.0964. The highest BCUT2D eigenvalue weighted by molar-refractivity contribution is 6.00. The standard InChI is InChI=1S/C27H32FN7O4/c1-27(2,38)24(28)15-32-25(36)20-14-31-22(23-8-7-18-9-16(12-29)13-33-35(18)23)11-21(20)34-17-5-4-6-19(10-17)39-26(37)30-3/h7-9,11,13-14,17,19,24,38H,4-6,10,15H2,1-3H3,(H,30,37)(H,31,34)(H,32,36)/t17-,19+,24?/m0/s1. The van der Waals surface area contributed by atoms with Crippen LogP contribution in [-0.4, -0.2) is 69.2 Å². The predicted molar refractivity (Wildman–Crippen MR) is 142 cm³/mol. The lowest BCUT2D eigenvalue weighted by Gasteiger charge is -2.30. The summed E-state index contributed by atoms with van der Waals surface area (Å²) in [7, 11) is 1.51. The Bertz CT molecular complexity index is 1400. The molecule has 206 valence electrons. The summed E-state index contributed by atoms with van der Waals surface area (Å²) < 4.78 is 21.4. The molecule has 4 N–H and O–H groups in total. The van der Waals surface area contributed by atoms with Gasteiger partial charge in [0.15, 0.2) is 0 Å². The van der Waals surface area contributed by atoms with Crippen LogP contribution in [-0.2, 0) is 4.74 Å². The molecule has 0 aliphatic heterocycles. The Morgan fingerprint density at radius 3 is 2.82 bits per heavy atom. The van der Waals surface area contributed by atoms with E-state index in [4.69, 9.17) is 4.74 Å². The van der Waals surface area contributed by atoms with Gasteiger partial charge in [0.05, 0.1) is 52.1 Å². The second-order valence-electron chi connectivity index (χ2n) is 10.1. The second kappa shape index (κ2) is 11.7. The van der Waals surface area contributed by atoms with Gasteiger partial charge in [-0.1, -0.05) is 0 Å². The Kier molecular flexibility index (Phi) is 8.30. The normalized spacial score (nSPS) is 18.2. The average Bonchev–Trinajstić information content (AvgIpc) is 3.34. The molecule has 1 unspecified atom stereocenters. The molecule has 1 aliphatic carbocycles. The number of carbonyl (C=O) groups is 2. The SMILES string of the molecule is CNC(=O)O[C@@H]1CCC[C@H](Nc2cc(-c3ccc4cc(C#N)cnn34)ncc2C(=O)NCC(F)C(C)(C)O)C1. The van der Waals surface area contributed by atoms with E-state index in [2.05, 4.69) is 32.1 Å². The van der Waals surface area contributed by atoms with Crippen molar-refractivity contribution in [3.05, 3.63) is 47.8 Å². The number of anilines is 1. The number of hydrogen-bond donors (Lipinski definition) is 4. The van der Waals surface area contributed by atoms with E-state index < -0.39 is 23.8 Å². The Balaban J connectivity index is 1.64. The maximum Gasteiger partial charge on any atom is 0.407 e. The highest BCUT2D eigenvalue weighted by atomic mass is 19.1. The monoisotopic (exact) mass is 537 g/mol. The maximum absolute atomic E-state index is 14.3. The van der Waals surface area contributed by atoms with Crippen molar-refractivity contribution in [2.45, 2.75) is 63.4 Å². The number of ether oxygens (including phenoxy) is 1. The predicted octanol–water partition coefficient (Wildman–Crippen LogP) is 3.19. The first kappa shape index (κ1) is 27.8. The highest BCUT2D eigenvalue weighted by Crippen LogP contribution is 2.29. The van der Waals surface area contributed by atoms with E-state index in [1.165, 1.54) is 33.3 Å². The Morgan fingerprint density at radius 2 is 2.10 bits per heavy atom. The van der Waals surface area contributed by atoms with Crippen LogP contribution in [0.4, 0.5) is 14.9 Å². The number of halogens is 1. The lowest BCUT2D eigenvalue weighted by Crippen LogP contribution is -2.42. The van der Waals surface area contributed by atoms with E-state index in [1.807, 2.05) is 12.1 Å². The molecular weight excluding hydrogens is 505 g/mol. The Labute approximate surface area is 225 Å². The number of pyridine rings is 1. The van der Waals surface area contributed by atoms with Gasteiger partial charge in [0.25, 0.3) is 5.91 Å². The summed E-state index contributed by atoms with van der Waals surface area (Å²) in [5.74, 6) is -0.547. The summed E-state index contributed by atoms with van der Waals surface area (Å²) >= 11 is 0. The number of alkyl carbamates (subject to hydrolysis) is 1. The number of rotatable bonds is 8. The van der Waals surface area contributed by atoms with E-state index in [1.54, 1.807) is 16.6 Å². The number of aliphatic hydroxyl groups is 1. The van der Waals surface area contributed by atoms with E-state index in [0.717, 1.165) is 19.3 Å². The van der Waals surface area contributed by atoms with Crippen molar-refractivity contribution >= 4 is 23.2 Å². The molecule has 12 heteroatoms. The summed E-state index contributed by atoms with van der Waals surface area (Å²) in [6, 6.07) is 9.04. The van der Waals surface area contributed by atoms with Gasteiger partial charge in [-0.05, 0) is 57.4 Å². The molecule has 39 heavy (non-hydrogen) atoms. The van der Waals surface area contributed by atoms with Crippen molar-refractivity contribution in [3.8, 4) is 17.5 Å². The lowest BCUT2D eigenvalue weighted by molar-refractivity contribution is -0.00177. The summed E-state index contributed by atoms with van der Waals surface area (Å²) in [5, 5.41) is 31.8. The fourth-order valence-electron chi connectivity index (χ4n) is 4.49. The van der Waals surface area contributed by atoms with E-state index in [0.29, 0.717) is 34.6 Å². The topological polar surface area (TPSA) is 154 Å². The first-order valence-electron chi connectivity index (χ1n) is 12.8. The van der Waals surface area contributed by atoms with Crippen LogP contribution in [0, 0.1) is 11.3 Å². The van der Waals surface area contributed by atoms with Gasteiger partial charge < -0.3 is 25.8 Å². The molecule has 11 nitrogen and oxygen atoms in total. The van der Waals surface area contributed by atoms with Crippen molar-refractivity contribution in [3.63, 3.8) is 0 Å². The van der Waals surface area contributed by atoms with Gasteiger partial charge in [-0.3, -0.25) is 9.78 Å². The molecule has 0 aromatic carbocycles. The second-order valence-corrected chi connectivity index (χ2v) is 10.1. The van der Waals surface area contributed by atoms with Crippen LogP contribution in [0.1, 0.15) is 55.5 Å². The quantitative estimate of drug-likeness (QED) is 0.342. The lowest BCUT2D eigenvalue weighted by atomic mass is 9.92. The van der Waals surface area contributed by atoms with Crippen LogP contribution in [0.25, 0.3) is 16.9 Å². The summed E-state index contributed by atoms with van der Waals surface area (Å²) in [5.41, 5.74) is 1.40. The number of amides is 2. The number of carbonyl (C=O) groups excluding carboxylic acids is 2. The largest absolute Gasteiger partial charge is 0.446 e. The fraction of sp³-hybridized carbons (Fsp3) is 0.444. The molecular formula is C27H32FN7O4. The third-order valence-electron chi connectivity index (χ3n) is 6.71. The smallest absolute Gasteiger partial charge is 0.407 e. The van der Waals surface area contributed by atoms with E-state index >= 15 is 0 Å². The summed E-state index contributed by atoms with van der Waals surface area (Å²) in [6.07, 6.45) is 3.34. The number of aromatic nitrogens is 3. The molecule has 1 aliphatic rings.